The molecule has 0 aromatic carbocycles. The van der Waals surface area contributed by atoms with Crippen molar-refractivity contribution in [2.45, 2.75) is 19.8 Å². The van der Waals surface area contributed by atoms with Crippen molar-refractivity contribution in [2.24, 2.45) is 0 Å². The molecular weight excluding hydrogens is 260 g/mol. The predicted molar refractivity (Wildman–Crippen MR) is 60.5 cm³/mol. The number of amides is 1. The van der Waals surface area contributed by atoms with Crippen LogP contribution in [0.15, 0.2) is 22.9 Å². The van der Waals surface area contributed by atoms with Crippen molar-refractivity contribution < 1.29 is 9.59 Å². The van der Waals surface area contributed by atoms with E-state index in [0.29, 0.717) is 10.3 Å². The molecule has 0 saturated heterocycles. The summed E-state index contributed by atoms with van der Waals surface area (Å²) in [4.78, 5) is 26.0. The molecule has 1 amide bonds. The Morgan fingerprint density at radius 2 is 2.20 bits per heavy atom. The third kappa shape index (κ3) is 4.20. The molecule has 80 valence electrons. The van der Waals surface area contributed by atoms with Gasteiger partial charge in [-0.1, -0.05) is 0 Å². The third-order valence-electron chi connectivity index (χ3n) is 1.74. The van der Waals surface area contributed by atoms with E-state index in [1.54, 1.807) is 18.3 Å². The molecule has 1 heterocycles. The van der Waals surface area contributed by atoms with Crippen LogP contribution in [0.3, 0.4) is 0 Å². The molecule has 4 nitrogen and oxygen atoms in total. The smallest absolute Gasteiger partial charge is 0.224 e. The van der Waals surface area contributed by atoms with E-state index < -0.39 is 0 Å². The number of anilines is 1. The van der Waals surface area contributed by atoms with E-state index in [2.05, 4.69) is 26.2 Å². The number of nitrogens with one attached hydrogen (secondary N) is 1. The van der Waals surface area contributed by atoms with Gasteiger partial charge in [-0.25, -0.2) is 4.98 Å². The molecule has 0 aliphatic carbocycles. The number of hydrogen-bond donors (Lipinski definition) is 1. The lowest BCUT2D eigenvalue weighted by Gasteiger charge is -2.05. The summed E-state index contributed by atoms with van der Waals surface area (Å²) in [6.45, 7) is 1.47. The first-order valence-corrected chi connectivity index (χ1v) is 5.28. The highest BCUT2D eigenvalue weighted by Crippen LogP contribution is 2.18. The van der Waals surface area contributed by atoms with Gasteiger partial charge in [0.25, 0.3) is 0 Å². The zero-order chi connectivity index (χ0) is 11.3. The van der Waals surface area contributed by atoms with Gasteiger partial charge < -0.3 is 10.1 Å². The molecule has 0 unspecified atom stereocenters. The van der Waals surface area contributed by atoms with Crippen molar-refractivity contribution in [1.29, 1.82) is 0 Å². The lowest BCUT2D eigenvalue weighted by atomic mass is 10.2. The molecule has 1 aromatic heterocycles. The van der Waals surface area contributed by atoms with Crippen molar-refractivity contribution in [2.75, 3.05) is 5.32 Å². The van der Waals surface area contributed by atoms with Crippen LogP contribution < -0.4 is 5.32 Å². The zero-order valence-corrected chi connectivity index (χ0v) is 9.87. The summed E-state index contributed by atoms with van der Waals surface area (Å²) < 4.78 is 0.584. The largest absolute Gasteiger partial charge is 0.324 e. The molecule has 1 N–H and O–H groups in total. The monoisotopic (exact) mass is 270 g/mol. The normalized spacial score (nSPS) is 9.73. The van der Waals surface area contributed by atoms with Crippen LogP contribution in [0.25, 0.3) is 0 Å². The molecule has 15 heavy (non-hydrogen) atoms. The van der Waals surface area contributed by atoms with Crippen molar-refractivity contribution in [1.82, 2.24) is 4.98 Å². The maximum atomic E-state index is 11.4. The number of carbonyl (C=O) groups is 2. The first-order chi connectivity index (χ1) is 7.09. The van der Waals surface area contributed by atoms with Gasteiger partial charge in [0, 0.05) is 19.0 Å². The van der Waals surface area contributed by atoms with Crippen LogP contribution in [0, 0.1) is 0 Å². The minimum Gasteiger partial charge on any atom is -0.324 e. The van der Waals surface area contributed by atoms with Gasteiger partial charge in [-0.05, 0) is 35.0 Å². The van der Waals surface area contributed by atoms with Gasteiger partial charge >= 0.3 is 0 Å². The topological polar surface area (TPSA) is 59.1 Å². The van der Waals surface area contributed by atoms with Crippen molar-refractivity contribution in [3.05, 3.63) is 22.9 Å². The minimum absolute atomic E-state index is 0.00963. The van der Waals surface area contributed by atoms with Crippen molar-refractivity contribution >= 4 is 33.3 Å². The lowest BCUT2D eigenvalue weighted by molar-refractivity contribution is -0.121. The molecule has 0 spiro atoms. The number of carbonyl (C=O) groups excluding carboxylic acids is 2. The van der Waals surface area contributed by atoms with E-state index in [-0.39, 0.29) is 24.5 Å². The standard InChI is InChI=1S/C10H11BrN2O2/c1-7(14)4-5-9(15)13-8-3-2-6-12-10(8)11/h2-3,6H,4-5H2,1H3,(H,13,15). The number of aromatic nitrogens is 1. The second-order valence-corrected chi connectivity index (χ2v) is 3.84. The van der Waals surface area contributed by atoms with E-state index in [0.717, 1.165) is 0 Å². The van der Waals surface area contributed by atoms with Gasteiger partial charge in [0.1, 0.15) is 10.4 Å². The second-order valence-electron chi connectivity index (χ2n) is 3.09. The molecule has 0 atom stereocenters. The first-order valence-electron chi connectivity index (χ1n) is 4.49. The number of ketones is 1. The Morgan fingerprint density at radius 3 is 2.80 bits per heavy atom. The van der Waals surface area contributed by atoms with Gasteiger partial charge in [0.15, 0.2) is 0 Å². The fourth-order valence-corrected chi connectivity index (χ4v) is 1.33. The average molecular weight is 271 g/mol. The van der Waals surface area contributed by atoms with E-state index in [4.69, 9.17) is 0 Å². The molecule has 0 bridgehead atoms. The summed E-state index contributed by atoms with van der Waals surface area (Å²) >= 11 is 3.21. The SMILES string of the molecule is CC(=O)CCC(=O)Nc1cccnc1Br. The van der Waals surface area contributed by atoms with Crippen LogP contribution in [0.1, 0.15) is 19.8 Å². The molecule has 5 heteroatoms. The molecule has 0 saturated carbocycles. The van der Waals surface area contributed by atoms with Gasteiger partial charge in [-0.3, -0.25) is 4.79 Å². The van der Waals surface area contributed by atoms with E-state index in [1.165, 1.54) is 6.92 Å². The Labute approximate surface area is 96.2 Å². The lowest BCUT2D eigenvalue weighted by Crippen LogP contribution is -2.13. The summed E-state index contributed by atoms with van der Waals surface area (Å²) in [6.07, 6.45) is 2.09. The number of rotatable bonds is 4. The van der Waals surface area contributed by atoms with Crippen LogP contribution >= 0.6 is 15.9 Å². The van der Waals surface area contributed by atoms with E-state index in [1.807, 2.05) is 0 Å². The maximum absolute atomic E-state index is 11.4. The van der Waals surface area contributed by atoms with Gasteiger partial charge in [-0.2, -0.15) is 0 Å². The molecule has 1 aromatic rings. The summed E-state index contributed by atoms with van der Waals surface area (Å²) in [5, 5.41) is 2.67. The van der Waals surface area contributed by atoms with Crippen molar-refractivity contribution in [3.63, 3.8) is 0 Å². The van der Waals surface area contributed by atoms with Crippen LogP contribution in [0.5, 0.6) is 0 Å². The number of nitrogens with zero attached hydrogens (tertiary/aromatic N) is 1. The Morgan fingerprint density at radius 1 is 1.47 bits per heavy atom. The fourth-order valence-electron chi connectivity index (χ4n) is 0.982. The number of Topliss-reactive ketones (excluding diaryl/α,β-unsaturated/α-hetero) is 1. The average Bonchev–Trinajstić information content (AvgIpc) is 2.18. The molecule has 1 rings (SSSR count). The van der Waals surface area contributed by atoms with Crippen LogP contribution in [-0.2, 0) is 9.59 Å². The maximum Gasteiger partial charge on any atom is 0.224 e. The van der Waals surface area contributed by atoms with E-state index >= 15 is 0 Å². The molecule has 0 aliphatic rings. The fraction of sp³-hybridized carbons (Fsp3) is 0.300. The quantitative estimate of drug-likeness (QED) is 0.853. The predicted octanol–water partition coefficient (Wildman–Crippen LogP) is 2.15. The molecule has 0 fully saturated rings. The van der Waals surface area contributed by atoms with Gasteiger partial charge in [-0.15, -0.1) is 0 Å². The highest BCUT2D eigenvalue weighted by Gasteiger charge is 2.06. The minimum atomic E-state index is -0.182. The number of pyridine rings is 1. The Kier molecular flexibility index (Phi) is 4.42. The first kappa shape index (κ1) is 11.8. The van der Waals surface area contributed by atoms with Crippen LogP contribution in [-0.4, -0.2) is 16.7 Å². The third-order valence-corrected chi connectivity index (χ3v) is 2.37. The van der Waals surface area contributed by atoms with E-state index in [9.17, 15) is 9.59 Å². The highest BCUT2D eigenvalue weighted by molar-refractivity contribution is 9.10. The Bertz CT molecular complexity index is 379. The summed E-state index contributed by atoms with van der Waals surface area (Å²) in [6, 6.07) is 3.47. The van der Waals surface area contributed by atoms with Gasteiger partial charge in [0.2, 0.25) is 5.91 Å². The number of hydrogen-bond acceptors (Lipinski definition) is 3. The zero-order valence-electron chi connectivity index (χ0n) is 8.29. The van der Waals surface area contributed by atoms with Crippen LogP contribution in [0.2, 0.25) is 0 Å². The summed E-state index contributed by atoms with van der Waals surface area (Å²) in [5.74, 6) is -0.172. The molecule has 0 aliphatic heterocycles. The molecular formula is C10H11BrN2O2. The van der Waals surface area contributed by atoms with Crippen molar-refractivity contribution in [3.8, 4) is 0 Å². The number of halogens is 1. The molecule has 0 radical (unpaired) electrons. The van der Waals surface area contributed by atoms with Gasteiger partial charge in [0.05, 0.1) is 5.69 Å². The second kappa shape index (κ2) is 5.60. The summed E-state index contributed by atoms with van der Waals surface area (Å²) in [5.41, 5.74) is 0.617. The summed E-state index contributed by atoms with van der Waals surface area (Å²) in [7, 11) is 0. The van der Waals surface area contributed by atoms with Crippen LogP contribution in [0.4, 0.5) is 5.69 Å². The highest BCUT2D eigenvalue weighted by atomic mass is 79.9. The Hall–Kier alpha value is -1.23. The Balaban J connectivity index is 2.52.